The van der Waals surface area contributed by atoms with Crippen molar-refractivity contribution in [3.8, 4) is 5.88 Å². The Morgan fingerprint density at radius 2 is 2.28 bits per heavy atom. The van der Waals surface area contributed by atoms with Crippen LogP contribution in [0.2, 0.25) is 5.02 Å². The molecule has 0 aliphatic carbocycles. The fourth-order valence-corrected chi connectivity index (χ4v) is 4.48. The van der Waals surface area contributed by atoms with E-state index in [-0.39, 0.29) is 6.04 Å². The van der Waals surface area contributed by atoms with Gasteiger partial charge in [0.1, 0.15) is 16.8 Å². The van der Waals surface area contributed by atoms with Crippen molar-refractivity contribution in [2.75, 3.05) is 23.9 Å². The summed E-state index contributed by atoms with van der Waals surface area (Å²) in [6.07, 6.45) is 8.82. The van der Waals surface area contributed by atoms with Crippen LogP contribution in [0.25, 0.3) is 0 Å². The molecule has 0 amide bonds. The summed E-state index contributed by atoms with van der Waals surface area (Å²) in [5.74, 6) is 2.23. The van der Waals surface area contributed by atoms with Gasteiger partial charge in [0.05, 0.1) is 19.3 Å². The van der Waals surface area contributed by atoms with Crippen LogP contribution in [-0.4, -0.2) is 44.8 Å². The molecule has 0 spiro atoms. The van der Waals surface area contributed by atoms with E-state index in [9.17, 15) is 0 Å². The molecule has 0 radical (unpaired) electrons. The van der Waals surface area contributed by atoms with Gasteiger partial charge in [-0.25, -0.2) is 9.97 Å². The predicted octanol–water partition coefficient (Wildman–Crippen LogP) is 3.22. The molecule has 0 aromatic carbocycles. The topological polar surface area (TPSA) is 113 Å². The summed E-state index contributed by atoms with van der Waals surface area (Å²) in [5, 5.41) is 10.7. The lowest BCUT2D eigenvalue weighted by molar-refractivity contribution is 0.0824. The van der Waals surface area contributed by atoms with Crippen molar-refractivity contribution in [1.82, 2.24) is 30.6 Å². The highest BCUT2D eigenvalue weighted by atomic mass is 35.5. The molecule has 2 atom stereocenters. The highest BCUT2D eigenvalue weighted by molar-refractivity contribution is 6.32. The Morgan fingerprint density at radius 1 is 1.38 bits per heavy atom. The maximum Gasteiger partial charge on any atom is 0.227 e. The smallest absolute Gasteiger partial charge is 0.227 e. The van der Waals surface area contributed by atoms with E-state index in [1.807, 2.05) is 31.2 Å². The van der Waals surface area contributed by atoms with Crippen molar-refractivity contribution >= 4 is 29.2 Å². The van der Waals surface area contributed by atoms with Gasteiger partial charge in [-0.2, -0.15) is 10.1 Å². The highest BCUT2D eigenvalue weighted by Crippen LogP contribution is 2.42. The third kappa shape index (κ3) is 3.51. The number of aromatic nitrogens is 5. The van der Waals surface area contributed by atoms with E-state index < -0.39 is 5.54 Å². The molecule has 0 bridgehead atoms. The first kappa shape index (κ1) is 20.5. The van der Waals surface area contributed by atoms with Crippen LogP contribution in [0.3, 0.4) is 0 Å². The van der Waals surface area contributed by atoms with Crippen LogP contribution in [0.15, 0.2) is 42.9 Å². The second kappa shape index (κ2) is 8.29. The normalized spacial score (nSPS) is 22.2. The van der Waals surface area contributed by atoms with Gasteiger partial charge in [0.15, 0.2) is 11.6 Å². The van der Waals surface area contributed by atoms with Crippen LogP contribution < -0.4 is 20.4 Å². The largest absolute Gasteiger partial charge is 0.481 e. The van der Waals surface area contributed by atoms with Crippen molar-refractivity contribution in [1.29, 1.82) is 0 Å². The number of rotatable bonds is 6. The van der Waals surface area contributed by atoms with Crippen molar-refractivity contribution in [2.24, 2.45) is 0 Å². The molecule has 0 saturated carbocycles. The summed E-state index contributed by atoms with van der Waals surface area (Å²) in [4.78, 5) is 21.3. The van der Waals surface area contributed by atoms with Gasteiger partial charge in [-0.15, -0.1) is 5.48 Å². The molecule has 5 heterocycles. The van der Waals surface area contributed by atoms with Gasteiger partial charge in [0.2, 0.25) is 11.8 Å². The summed E-state index contributed by atoms with van der Waals surface area (Å²) in [6, 6.07) is 5.72. The fraction of sp³-hybridized carbons (Fsp3) is 0.333. The van der Waals surface area contributed by atoms with E-state index in [4.69, 9.17) is 26.2 Å². The number of nitrogens with one attached hydrogen (secondary N) is 3. The number of hydrogen-bond acceptors (Lipinski definition) is 9. The molecule has 5 rings (SSSR count). The quantitative estimate of drug-likeness (QED) is 0.516. The van der Waals surface area contributed by atoms with Crippen molar-refractivity contribution in [3.63, 3.8) is 0 Å². The number of pyridine rings is 1. The summed E-state index contributed by atoms with van der Waals surface area (Å²) in [5.41, 5.74) is 4.33. The van der Waals surface area contributed by atoms with Gasteiger partial charge in [-0.1, -0.05) is 11.6 Å². The minimum atomic E-state index is -0.675. The molecule has 10 nitrogen and oxygen atoms in total. The van der Waals surface area contributed by atoms with E-state index >= 15 is 0 Å². The molecule has 166 valence electrons. The zero-order chi connectivity index (χ0) is 22.1. The standard InChI is InChI=1S/C21H23ClN8O2/c1-13-11-17(28-27-13)25-18-15(22)12-24-20(26-18)30-9-4-6-16(30)21(7-10-32-29-21)14-5-3-8-23-19(14)31-2/h3,5,7-8,10-12,16,29H,4,6,9H2,1-2H3,(H2,24,25,26,27,28). The second-order valence-electron chi connectivity index (χ2n) is 7.73. The third-order valence-electron chi connectivity index (χ3n) is 5.76. The number of methoxy groups -OCH3 is 1. The predicted molar refractivity (Wildman–Crippen MR) is 120 cm³/mol. The lowest BCUT2D eigenvalue weighted by Gasteiger charge is -2.38. The first-order valence-corrected chi connectivity index (χ1v) is 10.7. The van der Waals surface area contributed by atoms with Crippen molar-refractivity contribution < 1.29 is 9.57 Å². The second-order valence-corrected chi connectivity index (χ2v) is 8.14. The minimum Gasteiger partial charge on any atom is -0.481 e. The zero-order valence-electron chi connectivity index (χ0n) is 17.7. The molecule has 2 unspecified atom stereocenters. The van der Waals surface area contributed by atoms with Crippen LogP contribution in [0, 0.1) is 6.92 Å². The summed E-state index contributed by atoms with van der Waals surface area (Å²) < 4.78 is 5.56. The molecular weight excluding hydrogens is 432 g/mol. The van der Waals surface area contributed by atoms with Gasteiger partial charge < -0.3 is 19.8 Å². The average molecular weight is 455 g/mol. The average Bonchev–Trinajstić information content (AvgIpc) is 3.56. The van der Waals surface area contributed by atoms with Gasteiger partial charge in [0.25, 0.3) is 0 Å². The summed E-state index contributed by atoms with van der Waals surface area (Å²) >= 11 is 6.37. The molecule has 1 fully saturated rings. The van der Waals surface area contributed by atoms with Gasteiger partial charge >= 0.3 is 0 Å². The first-order chi connectivity index (χ1) is 15.6. The minimum absolute atomic E-state index is 0.0407. The van der Waals surface area contributed by atoms with Crippen molar-refractivity contribution in [3.05, 3.63) is 59.2 Å². The lowest BCUT2D eigenvalue weighted by atomic mass is 9.82. The number of nitrogens with zero attached hydrogens (tertiary/aromatic N) is 5. The number of hydroxylamine groups is 1. The van der Waals surface area contributed by atoms with Crippen LogP contribution >= 0.6 is 11.6 Å². The molecule has 32 heavy (non-hydrogen) atoms. The Kier molecular flexibility index (Phi) is 5.32. The summed E-state index contributed by atoms with van der Waals surface area (Å²) in [6.45, 7) is 2.71. The molecular formula is C21H23ClN8O2. The molecule has 3 aromatic heterocycles. The number of aryl methyl sites for hydroxylation is 1. The maximum atomic E-state index is 6.37. The van der Waals surface area contributed by atoms with Gasteiger partial charge in [-0.05, 0) is 38.0 Å². The molecule has 11 heteroatoms. The fourth-order valence-electron chi connectivity index (χ4n) is 4.35. The van der Waals surface area contributed by atoms with Gasteiger partial charge in [0, 0.05) is 30.1 Å². The molecule has 1 saturated heterocycles. The van der Waals surface area contributed by atoms with Crippen LogP contribution in [-0.2, 0) is 10.4 Å². The van der Waals surface area contributed by atoms with Crippen LogP contribution in [0.1, 0.15) is 24.1 Å². The summed E-state index contributed by atoms with van der Waals surface area (Å²) in [7, 11) is 1.61. The van der Waals surface area contributed by atoms with Gasteiger partial charge in [-0.3, -0.25) is 5.10 Å². The monoisotopic (exact) mass is 454 g/mol. The number of aromatic amines is 1. The molecule has 2 aliphatic rings. The lowest BCUT2D eigenvalue weighted by Crippen LogP contribution is -2.53. The number of anilines is 3. The molecule has 2 aliphatic heterocycles. The Hall–Kier alpha value is -3.37. The third-order valence-corrected chi connectivity index (χ3v) is 6.03. The van der Waals surface area contributed by atoms with E-state index in [1.165, 1.54) is 0 Å². The van der Waals surface area contributed by atoms with E-state index in [1.54, 1.807) is 25.8 Å². The van der Waals surface area contributed by atoms with E-state index in [0.29, 0.717) is 28.5 Å². The SMILES string of the molecule is COc1ncccc1C1(C2CCCN2c2ncc(Cl)c(Nc3cc(C)[nH]n3)n2)C=CON1. The molecule has 3 aromatic rings. The van der Waals surface area contributed by atoms with E-state index in [2.05, 4.69) is 35.9 Å². The van der Waals surface area contributed by atoms with Crippen molar-refractivity contribution in [2.45, 2.75) is 31.3 Å². The van der Waals surface area contributed by atoms with E-state index in [0.717, 1.165) is 30.6 Å². The highest BCUT2D eigenvalue weighted by Gasteiger charge is 2.49. The number of ether oxygens (including phenoxy) is 1. The molecule has 3 N–H and O–H groups in total. The Balaban J connectivity index is 1.52. The maximum absolute atomic E-state index is 6.37. The van der Waals surface area contributed by atoms with Crippen LogP contribution in [0.4, 0.5) is 17.6 Å². The Labute approximate surface area is 190 Å². The zero-order valence-corrected chi connectivity index (χ0v) is 18.4. The number of hydrogen-bond donors (Lipinski definition) is 3. The Morgan fingerprint density at radius 3 is 3.03 bits per heavy atom. The number of H-pyrrole nitrogens is 1. The Bertz CT molecular complexity index is 1150. The number of halogens is 1. The van der Waals surface area contributed by atoms with Crippen LogP contribution in [0.5, 0.6) is 5.88 Å². The first-order valence-electron chi connectivity index (χ1n) is 10.3.